The SMILES string of the molecule is NC1=N[C@](c2ccc(OC(F)F)nc2)(c2cccc(Br)c2)COC1. The van der Waals surface area contributed by atoms with E-state index in [0.29, 0.717) is 11.4 Å². The fourth-order valence-electron chi connectivity index (χ4n) is 2.61. The topological polar surface area (TPSA) is 69.7 Å². The maximum atomic E-state index is 12.3. The molecule has 0 unspecified atom stereocenters. The smallest absolute Gasteiger partial charge is 0.388 e. The molecule has 0 saturated heterocycles. The minimum absolute atomic E-state index is 0.160. The average Bonchev–Trinajstić information content (AvgIpc) is 2.55. The minimum atomic E-state index is -2.92. The molecule has 0 amide bonds. The molecule has 2 aromatic rings. The lowest BCUT2D eigenvalue weighted by Crippen LogP contribution is -2.40. The Balaban J connectivity index is 2.07. The maximum absolute atomic E-state index is 12.3. The van der Waals surface area contributed by atoms with Crippen LogP contribution in [0.2, 0.25) is 0 Å². The molecule has 0 spiro atoms. The fraction of sp³-hybridized carbons (Fsp3) is 0.250. The molecule has 8 heteroatoms. The summed E-state index contributed by atoms with van der Waals surface area (Å²) in [6.07, 6.45) is 1.45. The Bertz CT molecular complexity index is 755. The van der Waals surface area contributed by atoms with Crippen LogP contribution in [0.15, 0.2) is 52.1 Å². The first kappa shape index (κ1) is 16.8. The van der Waals surface area contributed by atoms with Gasteiger partial charge in [0.1, 0.15) is 18.0 Å². The molecule has 5 nitrogen and oxygen atoms in total. The summed E-state index contributed by atoms with van der Waals surface area (Å²) in [5.74, 6) is 0.195. The number of halogens is 3. The zero-order valence-corrected chi connectivity index (χ0v) is 14.0. The van der Waals surface area contributed by atoms with E-state index in [2.05, 4.69) is 30.6 Å². The molecule has 0 aliphatic carbocycles. The Morgan fingerprint density at radius 1 is 1.25 bits per heavy atom. The van der Waals surface area contributed by atoms with Gasteiger partial charge >= 0.3 is 6.61 Å². The third kappa shape index (κ3) is 3.39. The van der Waals surface area contributed by atoms with E-state index in [-0.39, 0.29) is 19.1 Å². The molecule has 24 heavy (non-hydrogen) atoms. The van der Waals surface area contributed by atoms with Crippen LogP contribution in [0.3, 0.4) is 0 Å². The molecule has 0 fully saturated rings. The van der Waals surface area contributed by atoms with Crippen LogP contribution in [0.5, 0.6) is 5.88 Å². The number of ether oxygens (including phenoxy) is 2. The summed E-state index contributed by atoms with van der Waals surface area (Å²) in [5, 5.41) is 0. The fourth-order valence-corrected chi connectivity index (χ4v) is 3.01. The number of aliphatic imine (C=N–C) groups is 1. The second-order valence-electron chi connectivity index (χ2n) is 5.23. The van der Waals surface area contributed by atoms with Gasteiger partial charge in [0.2, 0.25) is 5.88 Å². The van der Waals surface area contributed by atoms with E-state index in [1.165, 1.54) is 12.3 Å². The zero-order valence-electron chi connectivity index (χ0n) is 12.5. The molecular formula is C16H14BrF2N3O2. The molecule has 0 saturated carbocycles. The Morgan fingerprint density at radius 2 is 2.08 bits per heavy atom. The number of pyridine rings is 1. The summed E-state index contributed by atoms with van der Waals surface area (Å²) in [7, 11) is 0. The van der Waals surface area contributed by atoms with Crippen LogP contribution in [0.4, 0.5) is 8.78 Å². The van der Waals surface area contributed by atoms with Crippen molar-refractivity contribution in [3.05, 3.63) is 58.2 Å². The van der Waals surface area contributed by atoms with Gasteiger partial charge in [0.05, 0.1) is 6.61 Å². The van der Waals surface area contributed by atoms with Gasteiger partial charge in [-0.25, -0.2) is 4.98 Å². The lowest BCUT2D eigenvalue weighted by molar-refractivity contribution is -0.0528. The van der Waals surface area contributed by atoms with E-state index < -0.39 is 12.2 Å². The maximum Gasteiger partial charge on any atom is 0.388 e. The van der Waals surface area contributed by atoms with Crippen LogP contribution in [0.25, 0.3) is 0 Å². The predicted molar refractivity (Wildman–Crippen MR) is 88.2 cm³/mol. The second-order valence-corrected chi connectivity index (χ2v) is 6.15. The largest absolute Gasteiger partial charge is 0.417 e. The number of nitrogens with two attached hydrogens (primary N) is 1. The molecule has 1 aromatic heterocycles. The first-order valence-corrected chi connectivity index (χ1v) is 7.88. The number of hydrogen-bond donors (Lipinski definition) is 1. The Morgan fingerprint density at radius 3 is 2.71 bits per heavy atom. The molecule has 3 rings (SSSR count). The highest BCUT2D eigenvalue weighted by molar-refractivity contribution is 9.10. The van der Waals surface area contributed by atoms with E-state index in [0.717, 1.165) is 10.0 Å². The number of alkyl halides is 2. The first-order chi connectivity index (χ1) is 11.5. The van der Waals surface area contributed by atoms with Gasteiger partial charge in [0.15, 0.2) is 0 Å². The van der Waals surface area contributed by atoms with Gasteiger partial charge < -0.3 is 15.2 Å². The standard InChI is InChI=1S/C16H14BrF2N3O2/c17-12-3-1-2-10(6-12)16(9-23-8-13(20)22-16)11-4-5-14(21-7-11)24-15(18)19/h1-7,15H,8-9H2,(H2,20,22)/t16-/m0/s1. The summed E-state index contributed by atoms with van der Waals surface area (Å²) in [5.41, 5.74) is 6.52. The van der Waals surface area contributed by atoms with Gasteiger partial charge in [-0.05, 0) is 23.8 Å². The van der Waals surface area contributed by atoms with E-state index >= 15 is 0 Å². The number of hydrogen-bond acceptors (Lipinski definition) is 5. The van der Waals surface area contributed by atoms with Crippen molar-refractivity contribution in [1.29, 1.82) is 0 Å². The van der Waals surface area contributed by atoms with Crippen molar-refractivity contribution in [2.24, 2.45) is 10.7 Å². The highest BCUT2D eigenvalue weighted by Gasteiger charge is 2.37. The molecule has 1 aromatic carbocycles. The molecular weight excluding hydrogens is 384 g/mol. The predicted octanol–water partition coefficient (Wildman–Crippen LogP) is 3.08. The van der Waals surface area contributed by atoms with Crippen molar-refractivity contribution in [2.75, 3.05) is 13.2 Å². The van der Waals surface area contributed by atoms with Gasteiger partial charge in [-0.1, -0.05) is 28.1 Å². The summed E-state index contributed by atoms with van der Waals surface area (Å²) in [6.45, 7) is -2.41. The van der Waals surface area contributed by atoms with Crippen LogP contribution >= 0.6 is 15.9 Å². The van der Waals surface area contributed by atoms with Crippen molar-refractivity contribution in [2.45, 2.75) is 12.2 Å². The molecule has 1 aliphatic heterocycles. The zero-order chi connectivity index (χ0) is 17.2. The highest BCUT2D eigenvalue weighted by atomic mass is 79.9. The van der Waals surface area contributed by atoms with Crippen LogP contribution in [0.1, 0.15) is 11.1 Å². The number of benzene rings is 1. The number of amidine groups is 1. The van der Waals surface area contributed by atoms with E-state index in [1.807, 2.05) is 24.3 Å². The van der Waals surface area contributed by atoms with Crippen molar-refractivity contribution in [1.82, 2.24) is 4.98 Å². The van der Waals surface area contributed by atoms with Gasteiger partial charge in [-0.2, -0.15) is 8.78 Å². The summed E-state index contributed by atoms with van der Waals surface area (Å²) in [6, 6.07) is 10.6. The van der Waals surface area contributed by atoms with Crippen LogP contribution < -0.4 is 10.5 Å². The van der Waals surface area contributed by atoms with Crippen molar-refractivity contribution < 1.29 is 18.3 Å². The Hall–Kier alpha value is -2.06. The van der Waals surface area contributed by atoms with Gasteiger partial charge in [0.25, 0.3) is 0 Å². The summed E-state index contributed by atoms with van der Waals surface area (Å²) >= 11 is 3.44. The number of rotatable bonds is 4. The molecule has 2 heterocycles. The van der Waals surface area contributed by atoms with Crippen LogP contribution in [-0.4, -0.2) is 30.6 Å². The number of nitrogens with zero attached hydrogens (tertiary/aromatic N) is 2. The molecule has 126 valence electrons. The molecule has 1 aliphatic rings. The van der Waals surface area contributed by atoms with E-state index in [1.54, 1.807) is 6.07 Å². The van der Waals surface area contributed by atoms with Gasteiger partial charge in [-0.3, -0.25) is 4.99 Å². The Labute approximate surface area is 145 Å². The molecule has 2 N–H and O–H groups in total. The van der Waals surface area contributed by atoms with Gasteiger partial charge in [0, 0.05) is 22.3 Å². The minimum Gasteiger partial charge on any atom is -0.417 e. The van der Waals surface area contributed by atoms with E-state index in [4.69, 9.17) is 10.5 Å². The Kier molecular flexibility index (Phi) is 4.77. The van der Waals surface area contributed by atoms with Gasteiger partial charge in [-0.15, -0.1) is 0 Å². The van der Waals surface area contributed by atoms with Crippen molar-refractivity contribution >= 4 is 21.8 Å². The van der Waals surface area contributed by atoms with Crippen LogP contribution in [-0.2, 0) is 10.3 Å². The summed E-state index contributed by atoms with van der Waals surface area (Å²) in [4.78, 5) is 8.54. The highest BCUT2D eigenvalue weighted by Crippen LogP contribution is 2.37. The normalized spacial score (nSPS) is 20.8. The quantitative estimate of drug-likeness (QED) is 0.860. The molecule has 0 radical (unpaired) electrons. The lowest BCUT2D eigenvalue weighted by Gasteiger charge is -2.34. The van der Waals surface area contributed by atoms with E-state index in [9.17, 15) is 8.78 Å². The average molecular weight is 398 g/mol. The lowest BCUT2D eigenvalue weighted by atomic mass is 9.84. The second kappa shape index (κ2) is 6.82. The third-order valence-corrected chi connectivity index (χ3v) is 4.11. The monoisotopic (exact) mass is 397 g/mol. The third-order valence-electron chi connectivity index (χ3n) is 3.62. The first-order valence-electron chi connectivity index (χ1n) is 7.09. The van der Waals surface area contributed by atoms with Crippen molar-refractivity contribution in [3.8, 4) is 5.88 Å². The van der Waals surface area contributed by atoms with Crippen LogP contribution in [0, 0.1) is 0 Å². The molecule has 0 bridgehead atoms. The van der Waals surface area contributed by atoms with Crippen molar-refractivity contribution in [3.63, 3.8) is 0 Å². The molecule has 1 atom stereocenters. The number of aromatic nitrogens is 1. The summed E-state index contributed by atoms with van der Waals surface area (Å²) < 4.78 is 35.3.